The van der Waals surface area contributed by atoms with E-state index in [4.69, 9.17) is 18.9 Å². The second-order valence-electron chi connectivity index (χ2n) is 9.08. The van der Waals surface area contributed by atoms with E-state index in [2.05, 4.69) is 5.32 Å². The van der Waals surface area contributed by atoms with Gasteiger partial charge in [-0.05, 0) is 42.3 Å². The number of nitrogens with zero attached hydrogens (tertiary/aromatic N) is 1. The van der Waals surface area contributed by atoms with Gasteiger partial charge in [0.05, 0.1) is 51.6 Å². The number of carbonyl (C=O) groups excluding carboxylic acids is 2. The van der Waals surface area contributed by atoms with Gasteiger partial charge in [-0.1, -0.05) is 18.2 Å². The summed E-state index contributed by atoms with van der Waals surface area (Å²) in [5.41, 5.74) is 0.156. The van der Waals surface area contributed by atoms with Crippen molar-refractivity contribution in [1.29, 1.82) is 0 Å². The van der Waals surface area contributed by atoms with Gasteiger partial charge in [0.25, 0.3) is 0 Å². The number of hydrogen-bond acceptors (Lipinski definition) is 6. The molecule has 0 spiro atoms. The van der Waals surface area contributed by atoms with Crippen LogP contribution in [0.2, 0.25) is 0 Å². The molecular formula is C29H29F3N2O6. The minimum absolute atomic E-state index is 0.00421. The molecule has 2 amide bonds. The Morgan fingerprint density at radius 3 is 2.10 bits per heavy atom. The topological polar surface area (TPSA) is 86.3 Å². The molecule has 0 radical (unpaired) electrons. The molecule has 212 valence electrons. The number of hydrogen-bond donors (Lipinski definition) is 1. The van der Waals surface area contributed by atoms with Crippen molar-refractivity contribution < 1.29 is 41.7 Å². The summed E-state index contributed by atoms with van der Waals surface area (Å²) < 4.78 is 61.4. The Morgan fingerprint density at radius 2 is 1.55 bits per heavy atom. The van der Waals surface area contributed by atoms with Gasteiger partial charge in [0.15, 0.2) is 11.5 Å². The van der Waals surface area contributed by atoms with Crippen LogP contribution in [-0.4, -0.2) is 40.3 Å². The molecule has 1 heterocycles. The summed E-state index contributed by atoms with van der Waals surface area (Å²) in [5, 5.41) is 2.63. The van der Waals surface area contributed by atoms with Gasteiger partial charge >= 0.3 is 6.18 Å². The number of halogens is 3. The van der Waals surface area contributed by atoms with Gasteiger partial charge in [-0.2, -0.15) is 13.2 Å². The van der Waals surface area contributed by atoms with E-state index in [1.165, 1.54) is 45.5 Å². The maximum absolute atomic E-state index is 13.6. The van der Waals surface area contributed by atoms with E-state index in [1.54, 1.807) is 36.4 Å². The van der Waals surface area contributed by atoms with E-state index in [1.807, 2.05) is 0 Å². The summed E-state index contributed by atoms with van der Waals surface area (Å²) in [4.78, 5) is 28.6. The third-order valence-corrected chi connectivity index (χ3v) is 6.78. The summed E-state index contributed by atoms with van der Waals surface area (Å²) in [6, 6.07) is 13.8. The molecule has 0 saturated carbocycles. The molecule has 3 aromatic rings. The highest BCUT2D eigenvalue weighted by Gasteiger charge is 2.42. The Kier molecular flexibility index (Phi) is 8.41. The number of alkyl halides is 3. The van der Waals surface area contributed by atoms with Gasteiger partial charge in [-0.3, -0.25) is 9.59 Å². The molecule has 40 heavy (non-hydrogen) atoms. The van der Waals surface area contributed by atoms with Crippen molar-refractivity contribution in [3.63, 3.8) is 0 Å². The summed E-state index contributed by atoms with van der Waals surface area (Å²) in [5.74, 6) is -0.0430. The minimum Gasteiger partial charge on any atom is -0.497 e. The lowest BCUT2D eigenvalue weighted by Gasteiger charge is -2.41. The number of ether oxygens (including phenoxy) is 4. The second-order valence-corrected chi connectivity index (χ2v) is 9.08. The van der Waals surface area contributed by atoms with Gasteiger partial charge < -0.3 is 29.2 Å². The third kappa shape index (κ3) is 5.78. The lowest BCUT2D eigenvalue weighted by atomic mass is 9.83. The van der Waals surface area contributed by atoms with E-state index in [0.717, 1.165) is 12.1 Å². The standard InChI is InChI=1S/C29H29F3N2O6/c1-37-21-10-8-17(9-11-21)26-22(28(36)33-19-7-5-6-18(14-19)29(30,31)32)12-13-25(35)34(26)20-15-23(38-2)27(40-4)24(16-20)39-3/h5-11,14-16,22,26H,12-13H2,1-4H3,(H,33,36)/t22-,26-/m1/s1. The van der Waals surface area contributed by atoms with Crippen LogP contribution >= 0.6 is 0 Å². The van der Waals surface area contributed by atoms with Crippen molar-refractivity contribution in [1.82, 2.24) is 0 Å². The molecule has 1 N–H and O–H groups in total. The molecule has 11 heteroatoms. The number of anilines is 2. The lowest BCUT2D eigenvalue weighted by Crippen LogP contribution is -2.47. The zero-order valence-corrected chi connectivity index (χ0v) is 22.4. The molecule has 8 nitrogen and oxygen atoms in total. The molecule has 1 aliphatic rings. The van der Waals surface area contributed by atoms with Crippen LogP contribution in [0.25, 0.3) is 0 Å². The summed E-state index contributed by atoms with van der Waals surface area (Å²) in [6.45, 7) is 0. The fraction of sp³-hybridized carbons (Fsp3) is 0.310. The average Bonchev–Trinajstić information content (AvgIpc) is 2.95. The summed E-state index contributed by atoms with van der Waals surface area (Å²) in [7, 11) is 5.88. The number of rotatable bonds is 8. The zero-order chi connectivity index (χ0) is 29.0. The normalized spacial score (nSPS) is 17.3. The maximum Gasteiger partial charge on any atom is 0.416 e. The van der Waals surface area contributed by atoms with Crippen LogP contribution in [0.5, 0.6) is 23.0 Å². The first-order chi connectivity index (χ1) is 19.1. The Morgan fingerprint density at radius 1 is 0.900 bits per heavy atom. The van der Waals surface area contributed by atoms with Gasteiger partial charge in [0, 0.05) is 24.2 Å². The maximum atomic E-state index is 13.6. The first-order valence-electron chi connectivity index (χ1n) is 12.4. The van der Waals surface area contributed by atoms with Crippen LogP contribution < -0.4 is 29.2 Å². The molecule has 0 unspecified atom stereocenters. The molecular weight excluding hydrogens is 529 g/mol. The third-order valence-electron chi connectivity index (χ3n) is 6.78. The molecule has 1 saturated heterocycles. The lowest BCUT2D eigenvalue weighted by molar-refractivity contribution is -0.137. The Bertz CT molecular complexity index is 1350. The number of benzene rings is 3. The highest BCUT2D eigenvalue weighted by atomic mass is 19.4. The van der Waals surface area contributed by atoms with Crippen molar-refractivity contribution in [2.24, 2.45) is 5.92 Å². The predicted molar refractivity (Wildman–Crippen MR) is 142 cm³/mol. The quantitative estimate of drug-likeness (QED) is 0.373. The van der Waals surface area contributed by atoms with E-state index in [9.17, 15) is 22.8 Å². The SMILES string of the molecule is COc1ccc([C@@H]2[C@H](C(=O)Nc3cccc(C(F)(F)F)c3)CCC(=O)N2c2cc(OC)c(OC)c(OC)c2)cc1. The first kappa shape index (κ1) is 28.6. The number of nitrogens with one attached hydrogen (secondary N) is 1. The van der Waals surface area contributed by atoms with Crippen LogP contribution in [-0.2, 0) is 15.8 Å². The monoisotopic (exact) mass is 558 g/mol. The molecule has 0 aliphatic carbocycles. The predicted octanol–water partition coefficient (Wildman–Crippen LogP) is 5.86. The van der Waals surface area contributed by atoms with Crippen molar-refractivity contribution in [3.05, 3.63) is 71.8 Å². The molecule has 0 aromatic heterocycles. The van der Waals surface area contributed by atoms with E-state index in [-0.39, 0.29) is 24.4 Å². The van der Waals surface area contributed by atoms with Gasteiger partial charge in [-0.25, -0.2) is 0 Å². The highest BCUT2D eigenvalue weighted by Crippen LogP contribution is 2.46. The number of methoxy groups -OCH3 is 4. The fourth-order valence-corrected chi connectivity index (χ4v) is 4.87. The van der Waals surface area contributed by atoms with Gasteiger partial charge in [-0.15, -0.1) is 0 Å². The van der Waals surface area contributed by atoms with Crippen molar-refractivity contribution in [3.8, 4) is 23.0 Å². The number of carbonyl (C=O) groups is 2. The van der Waals surface area contributed by atoms with E-state index in [0.29, 0.717) is 34.2 Å². The average molecular weight is 559 g/mol. The van der Waals surface area contributed by atoms with Crippen LogP contribution in [0, 0.1) is 5.92 Å². The number of amides is 2. The molecule has 4 rings (SSSR count). The smallest absolute Gasteiger partial charge is 0.416 e. The van der Waals surface area contributed by atoms with Crippen LogP contribution in [0.1, 0.15) is 30.0 Å². The largest absolute Gasteiger partial charge is 0.497 e. The Hall–Kier alpha value is -4.41. The molecule has 1 aliphatic heterocycles. The highest BCUT2D eigenvalue weighted by molar-refractivity contribution is 6.00. The molecule has 1 fully saturated rings. The Labute approximate surface area is 229 Å². The van der Waals surface area contributed by atoms with Crippen LogP contribution in [0.15, 0.2) is 60.7 Å². The molecule has 0 bridgehead atoms. The van der Waals surface area contributed by atoms with Gasteiger partial charge in [0.2, 0.25) is 17.6 Å². The second kappa shape index (κ2) is 11.8. The fourth-order valence-electron chi connectivity index (χ4n) is 4.87. The van der Waals surface area contributed by atoms with Crippen molar-refractivity contribution in [2.75, 3.05) is 38.7 Å². The Balaban J connectivity index is 1.80. The molecule has 3 aromatic carbocycles. The first-order valence-corrected chi connectivity index (χ1v) is 12.4. The summed E-state index contributed by atoms with van der Waals surface area (Å²) in [6.07, 6.45) is -4.35. The van der Waals surface area contributed by atoms with E-state index < -0.39 is 29.6 Å². The van der Waals surface area contributed by atoms with Crippen LogP contribution in [0.3, 0.4) is 0 Å². The van der Waals surface area contributed by atoms with E-state index >= 15 is 0 Å². The van der Waals surface area contributed by atoms with Gasteiger partial charge in [0.1, 0.15) is 5.75 Å². The van der Waals surface area contributed by atoms with Crippen molar-refractivity contribution >= 4 is 23.2 Å². The zero-order valence-electron chi connectivity index (χ0n) is 22.4. The van der Waals surface area contributed by atoms with Crippen LogP contribution in [0.4, 0.5) is 24.5 Å². The molecule has 2 atom stereocenters. The summed E-state index contributed by atoms with van der Waals surface area (Å²) >= 11 is 0. The number of piperidine rings is 1. The van der Waals surface area contributed by atoms with Crippen molar-refractivity contribution in [2.45, 2.75) is 25.1 Å². The minimum atomic E-state index is -4.56.